The summed E-state index contributed by atoms with van der Waals surface area (Å²) in [5.41, 5.74) is 3.50. The number of anilines is 1. The smallest absolute Gasteiger partial charge is 0.119 e. The van der Waals surface area contributed by atoms with Crippen molar-refractivity contribution >= 4 is 5.69 Å². The SMILES string of the molecule is C=C/C=C(/C)CNc1ccc(OCc2ccccc2)cc1. The van der Waals surface area contributed by atoms with E-state index in [-0.39, 0.29) is 0 Å². The van der Waals surface area contributed by atoms with E-state index >= 15 is 0 Å². The summed E-state index contributed by atoms with van der Waals surface area (Å²) in [5.74, 6) is 0.878. The zero-order valence-electron chi connectivity index (χ0n) is 12.4. The van der Waals surface area contributed by atoms with Crippen LogP contribution in [0.4, 0.5) is 5.69 Å². The number of hydrogen-bond donors (Lipinski definition) is 1. The lowest BCUT2D eigenvalue weighted by Crippen LogP contribution is -2.02. The van der Waals surface area contributed by atoms with Gasteiger partial charge in [0, 0.05) is 12.2 Å². The Morgan fingerprint density at radius 2 is 1.81 bits per heavy atom. The molecule has 0 aliphatic heterocycles. The largest absolute Gasteiger partial charge is 0.489 e. The monoisotopic (exact) mass is 279 g/mol. The standard InChI is InChI=1S/C19H21NO/c1-3-7-16(2)14-20-18-10-12-19(13-11-18)21-15-17-8-5-4-6-9-17/h3-13,20H,1,14-15H2,2H3/b16-7-. The number of hydrogen-bond acceptors (Lipinski definition) is 2. The van der Waals surface area contributed by atoms with E-state index in [1.807, 2.05) is 48.5 Å². The molecule has 0 aliphatic rings. The topological polar surface area (TPSA) is 21.3 Å². The third-order valence-corrected chi connectivity index (χ3v) is 3.08. The maximum absolute atomic E-state index is 5.76. The van der Waals surface area contributed by atoms with E-state index in [1.165, 1.54) is 11.1 Å². The van der Waals surface area contributed by atoms with E-state index in [2.05, 4.69) is 31.0 Å². The highest BCUT2D eigenvalue weighted by Crippen LogP contribution is 2.17. The van der Waals surface area contributed by atoms with Gasteiger partial charge in [0.1, 0.15) is 12.4 Å². The van der Waals surface area contributed by atoms with Gasteiger partial charge in [-0.1, -0.05) is 54.6 Å². The van der Waals surface area contributed by atoms with Crippen LogP contribution in [0.1, 0.15) is 12.5 Å². The van der Waals surface area contributed by atoms with Crippen LogP contribution >= 0.6 is 0 Å². The van der Waals surface area contributed by atoms with Crippen LogP contribution in [-0.4, -0.2) is 6.54 Å². The molecule has 0 saturated carbocycles. The van der Waals surface area contributed by atoms with Gasteiger partial charge in [-0.2, -0.15) is 0 Å². The van der Waals surface area contributed by atoms with Crippen LogP contribution in [-0.2, 0) is 6.61 Å². The van der Waals surface area contributed by atoms with Crippen molar-refractivity contribution in [1.29, 1.82) is 0 Å². The Labute approximate surface area is 126 Å². The molecule has 2 rings (SSSR count). The molecule has 0 radical (unpaired) electrons. The van der Waals surface area contributed by atoms with Crippen LogP contribution < -0.4 is 10.1 Å². The Morgan fingerprint density at radius 1 is 1.10 bits per heavy atom. The molecule has 0 heterocycles. The van der Waals surface area contributed by atoms with Crippen LogP contribution in [0.3, 0.4) is 0 Å². The fourth-order valence-corrected chi connectivity index (χ4v) is 1.91. The van der Waals surface area contributed by atoms with Crippen LogP contribution in [0.15, 0.2) is 78.9 Å². The maximum atomic E-state index is 5.76. The first-order chi connectivity index (χ1) is 10.3. The van der Waals surface area contributed by atoms with Gasteiger partial charge in [0.2, 0.25) is 0 Å². The molecule has 0 fully saturated rings. The van der Waals surface area contributed by atoms with Gasteiger partial charge in [-0.25, -0.2) is 0 Å². The molecule has 0 unspecified atom stereocenters. The Morgan fingerprint density at radius 3 is 2.48 bits per heavy atom. The fourth-order valence-electron chi connectivity index (χ4n) is 1.91. The molecule has 0 atom stereocenters. The first-order valence-corrected chi connectivity index (χ1v) is 7.07. The molecule has 2 nitrogen and oxygen atoms in total. The van der Waals surface area contributed by atoms with Crippen LogP contribution in [0.5, 0.6) is 5.75 Å². The lowest BCUT2D eigenvalue weighted by molar-refractivity contribution is 0.306. The van der Waals surface area contributed by atoms with E-state index in [0.717, 1.165) is 18.0 Å². The Hall–Kier alpha value is -2.48. The van der Waals surface area contributed by atoms with Crippen molar-refractivity contribution in [3.63, 3.8) is 0 Å². The molecule has 21 heavy (non-hydrogen) atoms. The molecule has 2 aromatic rings. The number of allylic oxidation sites excluding steroid dienone is 2. The molecule has 0 spiro atoms. The highest BCUT2D eigenvalue weighted by Gasteiger charge is 1.97. The summed E-state index contributed by atoms with van der Waals surface area (Å²) < 4.78 is 5.76. The van der Waals surface area contributed by atoms with Crippen molar-refractivity contribution < 1.29 is 4.74 Å². The van der Waals surface area contributed by atoms with Crippen LogP contribution in [0.25, 0.3) is 0 Å². The summed E-state index contributed by atoms with van der Waals surface area (Å²) in [4.78, 5) is 0. The molecule has 1 N–H and O–H groups in total. The van der Waals surface area contributed by atoms with Gasteiger partial charge >= 0.3 is 0 Å². The third-order valence-electron chi connectivity index (χ3n) is 3.08. The van der Waals surface area contributed by atoms with Gasteiger partial charge in [-0.15, -0.1) is 0 Å². The van der Waals surface area contributed by atoms with Crippen molar-refractivity contribution in [3.8, 4) is 5.75 Å². The highest BCUT2D eigenvalue weighted by molar-refractivity contribution is 5.47. The minimum absolute atomic E-state index is 0.592. The van der Waals surface area contributed by atoms with Crippen molar-refractivity contribution in [2.75, 3.05) is 11.9 Å². The lowest BCUT2D eigenvalue weighted by atomic mass is 10.2. The van der Waals surface area contributed by atoms with Crippen molar-refractivity contribution in [1.82, 2.24) is 0 Å². The zero-order valence-corrected chi connectivity index (χ0v) is 12.4. The lowest BCUT2D eigenvalue weighted by Gasteiger charge is -2.09. The summed E-state index contributed by atoms with van der Waals surface area (Å²) in [5, 5.41) is 3.36. The normalized spacial score (nSPS) is 11.0. The predicted octanol–water partition coefficient (Wildman–Crippen LogP) is 4.81. The van der Waals surface area contributed by atoms with E-state index in [4.69, 9.17) is 4.74 Å². The van der Waals surface area contributed by atoms with Gasteiger partial charge in [0.05, 0.1) is 0 Å². The Kier molecular flexibility index (Phi) is 5.65. The molecule has 2 aromatic carbocycles. The van der Waals surface area contributed by atoms with Crippen molar-refractivity contribution in [3.05, 3.63) is 84.5 Å². The average molecular weight is 279 g/mol. The number of rotatable bonds is 7. The molecule has 108 valence electrons. The van der Waals surface area contributed by atoms with Gasteiger partial charge in [-0.3, -0.25) is 0 Å². The summed E-state index contributed by atoms with van der Waals surface area (Å²) >= 11 is 0. The summed E-state index contributed by atoms with van der Waals surface area (Å²) in [6, 6.07) is 18.2. The molecule has 2 heteroatoms. The summed E-state index contributed by atoms with van der Waals surface area (Å²) in [7, 11) is 0. The van der Waals surface area contributed by atoms with E-state index < -0.39 is 0 Å². The number of nitrogens with one attached hydrogen (secondary N) is 1. The number of benzene rings is 2. The first-order valence-electron chi connectivity index (χ1n) is 7.07. The van der Waals surface area contributed by atoms with Crippen molar-refractivity contribution in [2.45, 2.75) is 13.5 Å². The van der Waals surface area contributed by atoms with E-state index in [0.29, 0.717) is 6.61 Å². The molecule has 0 amide bonds. The van der Waals surface area contributed by atoms with Crippen LogP contribution in [0.2, 0.25) is 0 Å². The Bertz CT molecular complexity index is 585. The fraction of sp³-hybridized carbons (Fsp3) is 0.158. The molecular weight excluding hydrogens is 258 g/mol. The molecular formula is C19H21NO. The van der Waals surface area contributed by atoms with Crippen LogP contribution in [0, 0.1) is 0 Å². The quantitative estimate of drug-likeness (QED) is 0.734. The van der Waals surface area contributed by atoms with Crippen molar-refractivity contribution in [2.24, 2.45) is 0 Å². The van der Waals surface area contributed by atoms with E-state index in [1.54, 1.807) is 6.08 Å². The van der Waals surface area contributed by atoms with Gasteiger partial charge in [-0.05, 0) is 36.8 Å². The minimum atomic E-state index is 0.592. The summed E-state index contributed by atoms with van der Waals surface area (Å²) in [6.45, 7) is 7.18. The third kappa shape index (κ3) is 5.19. The highest BCUT2D eigenvalue weighted by atomic mass is 16.5. The second-order valence-corrected chi connectivity index (χ2v) is 4.90. The number of ether oxygens (including phenoxy) is 1. The van der Waals surface area contributed by atoms with Gasteiger partial charge < -0.3 is 10.1 Å². The molecule has 0 aliphatic carbocycles. The Balaban J connectivity index is 1.84. The summed E-state index contributed by atoms with van der Waals surface area (Å²) in [6.07, 6.45) is 3.81. The zero-order chi connectivity index (χ0) is 14.9. The van der Waals surface area contributed by atoms with Gasteiger partial charge in [0.25, 0.3) is 0 Å². The second kappa shape index (κ2) is 7.95. The molecule has 0 saturated heterocycles. The minimum Gasteiger partial charge on any atom is -0.489 e. The molecule has 0 aromatic heterocycles. The predicted molar refractivity (Wildman–Crippen MR) is 89.7 cm³/mol. The average Bonchev–Trinajstić information content (AvgIpc) is 2.53. The van der Waals surface area contributed by atoms with E-state index in [9.17, 15) is 0 Å². The molecule has 0 bridgehead atoms. The first kappa shape index (κ1) is 14.9. The maximum Gasteiger partial charge on any atom is 0.119 e. The second-order valence-electron chi connectivity index (χ2n) is 4.90. The van der Waals surface area contributed by atoms with Gasteiger partial charge in [0.15, 0.2) is 0 Å².